The highest BCUT2D eigenvalue weighted by atomic mass is 35.5. The van der Waals surface area contributed by atoms with Crippen LogP contribution in [0.15, 0.2) is 47.5 Å². The minimum absolute atomic E-state index is 0.00800. The van der Waals surface area contributed by atoms with Crippen molar-refractivity contribution in [2.24, 2.45) is 5.14 Å². The molecule has 0 unspecified atom stereocenters. The van der Waals surface area contributed by atoms with Gasteiger partial charge in [-0.3, -0.25) is 0 Å². The number of aryl methyl sites for hydroxylation is 1. The number of nitrogens with two attached hydrogens (primary N) is 2. The Morgan fingerprint density at radius 1 is 1.18 bits per heavy atom. The number of sulfonamides is 1. The Hall–Kier alpha value is -2.99. The zero-order chi connectivity index (χ0) is 20.5. The first-order chi connectivity index (χ1) is 13.2. The monoisotopic (exact) mass is 416 g/mol. The SMILES string of the molecule is Cc1cc(S(N)(=O)=O)ccc1-c1cnc(N)c(C#Cc2c(F)cccc2Cl)n1. The van der Waals surface area contributed by atoms with Gasteiger partial charge >= 0.3 is 0 Å². The number of rotatable bonds is 2. The first-order valence-electron chi connectivity index (χ1n) is 7.89. The van der Waals surface area contributed by atoms with Gasteiger partial charge in [-0.05, 0) is 42.7 Å². The highest BCUT2D eigenvalue weighted by Gasteiger charge is 2.13. The summed E-state index contributed by atoms with van der Waals surface area (Å²) in [5.74, 6) is 4.83. The summed E-state index contributed by atoms with van der Waals surface area (Å²) in [4.78, 5) is 8.42. The highest BCUT2D eigenvalue weighted by molar-refractivity contribution is 7.89. The Kier molecular flexibility index (Phi) is 5.34. The molecule has 0 bridgehead atoms. The van der Waals surface area contributed by atoms with E-state index in [1.54, 1.807) is 13.0 Å². The van der Waals surface area contributed by atoms with Crippen LogP contribution in [0, 0.1) is 24.6 Å². The maximum Gasteiger partial charge on any atom is 0.238 e. The summed E-state index contributed by atoms with van der Waals surface area (Å²) in [6, 6.07) is 8.63. The average molecular weight is 417 g/mol. The molecule has 0 saturated heterocycles. The molecule has 0 fully saturated rings. The van der Waals surface area contributed by atoms with E-state index in [0.29, 0.717) is 16.8 Å². The number of halogens is 2. The number of anilines is 1. The molecule has 3 aromatic rings. The van der Waals surface area contributed by atoms with Gasteiger partial charge in [0.05, 0.1) is 27.4 Å². The van der Waals surface area contributed by atoms with Crippen LogP contribution >= 0.6 is 11.6 Å². The second-order valence-electron chi connectivity index (χ2n) is 5.86. The first-order valence-corrected chi connectivity index (χ1v) is 9.81. The van der Waals surface area contributed by atoms with Gasteiger partial charge in [-0.1, -0.05) is 29.7 Å². The highest BCUT2D eigenvalue weighted by Crippen LogP contribution is 2.25. The molecule has 1 aromatic heterocycles. The maximum atomic E-state index is 13.9. The third-order valence-corrected chi connectivity index (χ3v) is 5.10. The quantitative estimate of drug-likeness (QED) is 0.624. The van der Waals surface area contributed by atoms with E-state index in [1.165, 1.54) is 36.5 Å². The van der Waals surface area contributed by atoms with Crippen LogP contribution in [0.25, 0.3) is 11.3 Å². The lowest BCUT2D eigenvalue weighted by atomic mass is 10.1. The van der Waals surface area contributed by atoms with Crippen LogP contribution in [0.4, 0.5) is 10.2 Å². The fraction of sp³-hybridized carbons (Fsp3) is 0.0526. The number of hydrogen-bond donors (Lipinski definition) is 2. The molecule has 0 aliphatic carbocycles. The summed E-state index contributed by atoms with van der Waals surface area (Å²) in [7, 11) is -3.81. The molecule has 0 atom stereocenters. The number of primary sulfonamides is 1. The van der Waals surface area contributed by atoms with Gasteiger partial charge < -0.3 is 5.73 Å². The van der Waals surface area contributed by atoms with Crippen molar-refractivity contribution in [2.75, 3.05) is 5.73 Å². The maximum absolute atomic E-state index is 13.9. The van der Waals surface area contributed by atoms with Gasteiger partial charge in [0.2, 0.25) is 10.0 Å². The number of nitrogen functional groups attached to an aromatic ring is 1. The van der Waals surface area contributed by atoms with Crippen molar-refractivity contribution in [3.05, 3.63) is 70.3 Å². The van der Waals surface area contributed by atoms with Gasteiger partial charge in [-0.2, -0.15) is 0 Å². The molecular formula is C19H14ClFN4O2S. The smallest absolute Gasteiger partial charge is 0.238 e. The Morgan fingerprint density at radius 2 is 1.93 bits per heavy atom. The minimum Gasteiger partial charge on any atom is -0.381 e. The lowest BCUT2D eigenvalue weighted by Crippen LogP contribution is -2.12. The molecule has 142 valence electrons. The van der Waals surface area contributed by atoms with Crippen LogP contribution in [0.2, 0.25) is 5.02 Å². The van der Waals surface area contributed by atoms with E-state index in [2.05, 4.69) is 21.8 Å². The third-order valence-electron chi connectivity index (χ3n) is 3.87. The zero-order valence-electron chi connectivity index (χ0n) is 14.6. The molecule has 4 N–H and O–H groups in total. The summed E-state index contributed by atoms with van der Waals surface area (Å²) >= 11 is 5.97. The zero-order valence-corrected chi connectivity index (χ0v) is 16.1. The minimum atomic E-state index is -3.81. The van der Waals surface area contributed by atoms with E-state index in [4.69, 9.17) is 22.5 Å². The van der Waals surface area contributed by atoms with E-state index >= 15 is 0 Å². The molecule has 6 nitrogen and oxygen atoms in total. The predicted molar refractivity (Wildman–Crippen MR) is 105 cm³/mol. The van der Waals surface area contributed by atoms with Gasteiger partial charge in [0.1, 0.15) is 5.82 Å². The van der Waals surface area contributed by atoms with Crippen molar-refractivity contribution in [2.45, 2.75) is 11.8 Å². The molecule has 0 aliphatic heterocycles. The molecule has 0 saturated carbocycles. The molecule has 0 aliphatic rings. The van der Waals surface area contributed by atoms with Crippen LogP contribution < -0.4 is 10.9 Å². The van der Waals surface area contributed by atoms with E-state index in [-0.39, 0.29) is 27.0 Å². The largest absolute Gasteiger partial charge is 0.381 e. The second-order valence-corrected chi connectivity index (χ2v) is 7.83. The molecule has 0 amide bonds. The number of nitrogens with zero attached hydrogens (tertiary/aromatic N) is 2. The molecule has 0 radical (unpaired) electrons. The molecule has 1 heterocycles. The van der Waals surface area contributed by atoms with Gasteiger partial charge in [-0.25, -0.2) is 27.9 Å². The summed E-state index contributed by atoms with van der Waals surface area (Å²) < 4.78 is 36.8. The van der Waals surface area contributed by atoms with Crippen LogP contribution in [0.3, 0.4) is 0 Å². The van der Waals surface area contributed by atoms with Crippen molar-refractivity contribution in [3.8, 4) is 23.1 Å². The van der Waals surface area contributed by atoms with E-state index in [1.807, 2.05) is 0 Å². The summed E-state index contributed by atoms with van der Waals surface area (Å²) in [6.45, 7) is 1.71. The molecule has 2 aromatic carbocycles. The predicted octanol–water partition coefficient (Wildman–Crippen LogP) is 2.87. The molecule has 3 rings (SSSR count). The second kappa shape index (κ2) is 7.56. The average Bonchev–Trinajstić information content (AvgIpc) is 2.62. The Morgan fingerprint density at radius 3 is 2.57 bits per heavy atom. The topological polar surface area (TPSA) is 112 Å². The fourth-order valence-electron chi connectivity index (χ4n) is 2.46. The molecular weight excluding hydrogens is 403 g/mol. The van der Waals surface area contributed by atoms with Gasteiger partial charge in [0.15, 0.2) is 11.5 Å². The van der Waals surface area contributed by atoms with Crippen molar-refractivity contribution in [1.29, 1.82) is 0 Å². The summed E-state index contributed by atoms with van der Waals surface area (Å²) in [5, 5.41) is 5.32. The Bertz CT molecular complexity index is 1230. The van der Waals surface area contributed by atoms with Gasteiger partial charge in [-0.15, -0.1) is 0 Å². The summed E-state index contributed by atoms with van der Waals surface area (Å²) in [5.41, 5.74) is 7.69. The molecule has 0 spiro atoms. The van der Waals surface area contributed by atoms with Crippen molar-refractivity contribution < 1.29 is 12.8 Å². The molecule has 9 heteroatoms. The number of benzene rings is 2. The summed E-state index contributed by atoms with van der Waals surface area (Å²) in [6.07, 6.45) is 1.44. The number of hydrogen-bond acceptors (Lipinski definition) is 5. The van der Waals surface area contributed by atoms with E-state index in [9.17, 15) is 12.8 Å². The lowest BCUT2D eigenvalue weighted by molar-refractivity contribution is 0.597. The van der Waals surface area contributed by atoms with Gasteiger partial charge in [0, 0.05) is 5.56 Å². The van der Waals surface area contributed by atoms with Crippen molar-refractivity contribution in [3.63, 3.8) is 0 Å². The van der Waals surface area contributed by atoms with Crippen molar-refractivity contribution >= 4 is 27.4 Å². The van der Waals surface area contributed by atoms with E-state index in [0.717, 1.165) is 0 Å². The standard InChI is InChI=1S/C19H14ClFN4O2S/c1-11-9-12(28(23,26)27)5-6-13(11)18-10-24-19(22)17(25-18)8-7-14-15(20)3-2-4-16(14)21/h2-6,9-10H,1H3,(H2,22,24)(H2,23,26,27). The van der Waals surface area contributed by atoms with Crippen LogP contribution in [-0.2, 0) is 10.0 Å². The Balaban J connectivity index is 2.06. The van der Waals surface area contributed by atoms with Crippen molar-refractivity contribution in [1.82, 2.24) is 9.97 Å². The van der Waals surface area contributed by atoms with Crippen LogP contribution in [-0.4, -0.2) is 18.4 Å². The van der Waals surface area contributed by atoms with Gasteiger partial charge in [0.25, 0.3) is 0 Å². The Labute approximate surface area is 166 Å². The third kappa shape index (κ3) is 4.12. The van der Waals surface area contributed by atoms with E-state index < -0.39 is 15.8 Å². The number of aromatic nitrogens is 2. The van der Waals surface area contributed by atoms with Crippen LogP contribution in [0.1, 0.15) is 16.8 Å². The molecule has 28 heavy (non-hydrogen) atoms. The normalized spacial score (nSPS) is 11.0. The van der Waals surface area contributed by atoms with Crippen LogP contribution in [0.5, 0.6) is 0 Å². The lowest BCUT2D eigenvalue weighted by Gasteiger charge is -2.08. The first kappa shape index (κ1) is 19.8. The fourth-order valence-corrected chi connectivity index (χ4v) is 3.27.